The molecule has 3 rings (SSSR count). The third-order valence-corrected chi connectivity index (χ3v) is 11.5. The lowest BCUT2D eigenvalue weighted by atomic mass is 9.88. The van der Waals surface area contributed by atoms with Crippen LogP contribution in [0.1, 0.15) is 92.1 Å². The number of carbonyl (C=O) groups is 5. The highest BCUT2D eigenvalue weighted by molar-refractivity contribution is 5.92. The molecule has 1 aromatic carbocycles. The molecule has 2 fully saturated rings. The first kappa shape index (κ1) is 43.9. The summed E-state index contributed by atoms with van der Waals surface area (Å²) in [7, 11) is 4.77. The fraction of sp³-hybridized carbons (Fsp3) is 0.725. The van der Waals surface area contributed by atoms with Crippen molar-refractivity contribution >= 4 is 29.6 Å². The van der Waals surface area contributed by atoms with Crippen molar-refractivity contribution in [1.82, 2.24) is 25.8 Å². The molecule has 9 atom stereocenters. The molecular weight excluding hydrogens is 678 g/mol. The van der Waals surface area contributed by atoms with Crippen LogP contribution in [0, 0.1) is 17.8 Å². The van der Waals surface area contributed by atoms with Gasteiger partial charge in [-0.25, -0.2) is 4.79 Å². The molecule has 0 spiro atoms. The van der Waals surface area contributed by atoms with Crippen LogP contribution in [0.15, 0.2) is 30.3 Å². The van der Waals surface area contributed by atoms with Crippen molar-refractivity contribution in [2.24, 2.45) is 17.8 Å². The summed E-state index contributed by atoms with van der Waals surface area (Å²) in [5, 5.41) is 18.9. The summed E-state index contributed by atoms with van der Waals surface area (Å²) in [6, 6.07) is 6.34. The molecule has 2 heterocycles. The highest BCUT2D eigenvalue weighted by Gasteiger charge is 2.44. The predicted octanol–water partition coefficient (Wildman–Crippen LogP) is 3.39. The number of methoxy groups -OCH3 is 2. The van der Waals surface area contributed by atoms with Gasteiger partial charge in [-0.15, -0.1) is 0 Å². The van der Waals surface area contributed by atoms with Gasteiger partial charge in [-0.05, 0) is 63.0 Å². The summed E-state index contributed by atoms with van der Waals surface area (Å²) in [4.78, 5) is 70.8. The Balaban J connectivity index is 1.76. The van der Waals surface area contributed by atoms with Crippen LogP contribution in [0.2, 0.25) is 0 Å². The van der Waals surface area contributed by atoms with Gasteiger partial charge in [0.15, 0.2) is 0 Å². The minimum absolute atomic E-state index is 0.00447. The van der Waals surface area contributed by atoms with E-state index in [1.807, 2.05) is 65.0 Å². The number of rotatable bonds is 19. The van der Waals surface area contributed by atoms with Gasteiger partial charge < -0.3 is 40.3 Å². The molecule has 4 amide bonds. The maximum absolute atomic E-state index is 14.2. The first-order valence-electron chi connectivity index (χ1n) is 19.3. The summed E-state index contributed by atoms with van der Waals surface area (Å²) in [6.45, 7) is 12.7. The number of aliphatic carboxylic acids is 1. The van der Waals surface area contributed by atoms with Gasteiger partial charge in [0.1, 0.15) is 12.1 Å². The van der Waals surface area contributed by atoms with E-state index in [9.17, 15) is 29.1 Å². The van der Waals surface area contributed by atoms with E-state index < -0.39 is 59.7 Å². The first-order chi connectivity index (χ1) is 25.1. The summed E-state index contributed by atoms with van der Waals surface area (Å²) in [5.41, 5.74) is 0.0435. The number of benzene rings is 1. The minimum atomic E-state index is -1.14. The van der Waals surface area contributed by atoms with Crippen molar-refractivity contribution < 1.29 is 38.6 Å². The maximum Gasteiger partial charge on any atom is 0.326 e. The van der Waals surface area contributed by atoms with Crippen molar-refractivity contribution in [1.29, 1.82) is 0 Å². The zero-order valence-corrected chi connectivity index (χ0v) is 33.4. The van der Waals surface area contributed by atoms with Gasteiger partial charge in [-0.3, -0.25) is 19.2 Å². The first-order valence-corrected chi connectivity index (χ1v) is 19.3. The number of hydrogen-bond acceptors (Lipinski definition) is 8. The number of piperidine rings is 1. The second-order valence-corrected chi connectivity index (χ2v) is 15.6. The van der Waals surface area contributed by atoms with E-state index in [4.69, 9.17) is 9.47 Å². The normalized spacial score (nSPS) is 22.9. The predicted molar refractivity (Wildman–Crippen MR) is 203 cm³/mol. The lowest BCUT2D eigenvalue weighted by Crippen LogP contribution is -2.63. The van der Waals surface area contributed by atoms with Gasteiger partial charge in [-0.1, -0.05) is 71.4 Å². The number of amides is 4. The average molecular weight is 744 g/mol. The number of hydrogen-bond donors (Lipinski definition) is 4. The molecule has 298 valence electrons. The standard InChI is InChI=1S/C40H65N5O8/c1-10-26(4)34(44(7)37(48)33(25(2)3)43-39(51)40(6)20-14-15-21-41-40)31(52-8)24-32(46)45-22-16-19-30(45)35(53-9)27(5)36(47)42-29(38(49)50)23-28-17-12-11-13-18-28/h11-13,17-18,25-27,29-31,33-35,41H,10,14-16,19-24H2,1-9H3,(H,42,47)(H,43,51)(H,49,50)/t26-,27+,29-,30?,31+,33-,34-,35+,40+/m0/s1. The highest BCUT2D eigenvalue weighted by atomic mass is 16.5. The third kappa shape index (κ3) is 11.2. The molecular formula is C40H65N5O8. The number of likely N-dealkylation sites (N-methyl/N-ethyl adjacent to an activating group) is 1. The monoisotopic (exact) mass is 743 g/mol. The quantitative estimate of drug-likeness (QED) is 0.166. The number of likely N-dealkylation sites (tertiary alicyclic amines) is 1. The van der Waals surface area contributed by atoms with Gasteiger partial charge in [0.05, 0.1) is 42.2 Å². The Kier molecular flexibility index (Phi) is 16.7. The molecule has 1 unspecified atom stereocenters. The minimum Gasteiger partial charge on any atom is -0.480 e. The van der Waals surface area contributed by atoms with Crippen molar-refractivity contribution in [3.05, 3.63) is 35.9 Å². The molecule has 1 aromatic rings. The Morgan fingerprint density at radius 1 is 1.02 bits per heavy atom. The van der Waals surface area contributed by atoms with Crippen LogP contribution in [0.25, 0.3) is 0 Å². The number of nitrogens with zero attached hydrogens (tertiary/aromatic N) is 2. The highest BCUT2D eigenvalue weighted by Crippen LogP contribution is 2.30. The third-order valence-electron chi connectivity index (χ3n) is 11.5. The number of carbonyl (C=O) groups excluding carboxylic acids is 4. The van der Waals surface area contributed by atoms with Crippen LogP contribution >= 0.6 is 0 Å². The lowest BCUT2D eigenvalue weighted by Gasteiger charge is -2.41. The smallest absolute Gasteiger partial charge is 0.326 e. The van der Waals surface area contributed by atoms with Gasteiger partial charge in [0.25, 0.3) is 0 Å². The van der Waals surface area contributed by atoms with Crippen LogP contribution in [0.4, 0.5) is 0 Å². The molecule has 0 aromatic heterocycles. The fourth-order valence-corrected chi connectivity index (χ4v) is 7.94. The van der Waals surface area contributed by atoms with Crippen LogP contribution in [0.5, 0.6) is 0 Å². The number of carboxylic acid groups (broad SMARTS) is 1. The molecule has 4 N–H and O–H groups in total. The van der Waals surface area contributed by atoms with E-state index in [-0.39, 0.29) is 42.4 Å². The van der Waals surface area contributed by atoms with Crippen LogP contribution in [-0.2, 0) is 39.9 Å². The topological polar surface area (TPSA) is 167 Å². The molecule has 0 aliphatic carbocycles. The van der Waals surface area contributed by atoms with Gasteiger partial charge in [0, 0.05) is 34.2 Å². The van der Waals surface area contributed by atoms with Gasteiger partial charge in [0.2, 0.25) is 23.6 Å². The zero-order chi connectivity index (χ0) is 39.5. The molecule has 13 nitrogen and oxygen atoms in total. The molecule has 0 radical (unpaired) electrons. The Bertz CT molecular complexity index is 1370. The molecule has 0 saturated carbocycles. The second-order valence-electron chi connectivity index (χ2n) is 15.6. The van der Waals surface area contributed by atoms with Crippen LogP contribution < -0.4 is 16.0 Å². The lowest BCUT2D eigenvalue weighted by molar-refractivity contribution is -0.148. The Hall–Kier alpha value is -3.55. The molecule has 13 heteroatoms. The largest absolute Gasteiger partial charge is 0.480 e. The summed E-state index contributed by atoms with van der Waals surface area (Å²) in [5.74, 6) is -3.18. The molecule has 2 saturated heterocycles. The van der Waals surface area contributed by atoms with Crippen LogP contribution in [0.3, 0.4) is 0 Å². The molecule has 2 aliphatic heterocycles. The van der Waals surface area contributed by atoms with E-state index in [0.717, 1.165) is 31.4 Å². The van der Waals surface area contributed by atoms with E-state index in [1.165, 1.54) is 7.11 Å². The number of nitrogens with one attached hydrogen (secondary N) is 3. The average Bonchev–Trinajstić information content (AvgIpc) is 3.63. The van der Waals surface area contributed by atoms with Gasteiger partial charge in [-0.2, -0.15) is 0 Å². The Morgan fingerprint density at radius 2 is 1.70 bits per heavy atom. The van der Waals surface area contributed by atoms with Crippen LogP contribution in [-0.4, -0.2) is 121 Å². The SMILES string of the molecule is CC[C@H](C)[C@@H]([C@@H](CC(=O)N1CCCC1[C@H](OC)[C@@H](C)C(=O)N[C@@H](Cc1ccccc1)C(=O)O)OC)N(C)C(=O)[C@@H](NC(=O)[C@@]1(C)CCCCN1)C(C)C. The van der Waals surface area contributed by atoms with Crippen molar-refractivity contribution in [2.45, 2.75) is 135 Å². The van der Waals surface area contributed by atoms with Crippen molar-refractivity contribution in [3.8, 4) is 0 Å². The van der Waals surface area contributed by atoms with E-state index in [0.29, 0.717) is 25.8 Å². The number of carboxylic acids is 1. The van der Waals surface area contributed by atoms with Crippen molar-refractivity contribution in [3.63, 3.8) is 0 Å². The zero-order valence-electron chi connectivity index (χ0n) is 33.4. The van der Waals surface area contributed by atoms with Gasteiger partial charge >= 0.3 is 5.97 Å². The molecule has 2 aliphatic rings. The van der Waals surface area contributed by atoms with E-state index in [2.05, 4.69) is 16.0 Å². The van der Waals surface area contributed by atoms with E-state index in [1.54, 1.807) is 30.9 Å². The maximum atomic E-state index is 14.2. The number of ether oxygens (including phenoxy) is 2. The summed E-state index contributed by atoms with van der Waals surface area (Å²) < 4.78 is 11.9. The fourth-order valence-electron chi connectivity index (χ4n) is 7.94. The Morgan fingerprint density at radius 3 is 2.25 bits per heavy atom. The second kappa shape index (κ2) is 20.2. The van der Waals surface area contributed by atoms with Crippen molar-refractivity contribution in [2.75, 3.05) is 34.4 Å². The Labute approximate surface area is 316 Å². The molecule has 53 heavy (non-hydrogen) atoms. The summed E-state index contributed by atoms with van der Waals surface area (Å²) in [6.07, 6.45) is 3.49. The van der Waals surface area contributed by atoms with E-state index >= 15 is 0 Å². The molecule has 0 bridgehead atoms. The summed E-state index contributed by atoms with van der Waals surface area (Å²) >= 11 is 0.